The van der Waals surface area contributed by atoms with Crippen LogP contribution in [0.4, 0.5) is 5.69 Å². The van der Waals surface area contributed by atoms with Gasteiger partial charge in [0.05, 0.1) is 11.3 Å². The molecule has 0 aliphatic rings. The third kappa shape index (κ3) is 4.00. The molecule has 1 aromatic carbocycles. The van der Waals surface area contributed by atoms with Gasteiger partial charge in [-0.15, -0.1) is 0 Å². The van der Waals surface area contributed by atoms with Gasteiger partial charge in [-0.05, 0) is 28.1 Å². The quantitative estimate of drug-likeness (QED) is 0.705. The molecule has 0 heterocycles. The van der Waals surface area contributed by atoms with Gasteiger partial charge in [-0.2, -0.15) is 0 Å². The Hall–Kier alpha value is -0.960. The molecule has 1 amide bonds. The van der Waals surface area contributed by atoms with Crippen molar-refractivity contribution in [3.05, 3.63) is 26.6 Å². The summed E-state index contributed by atoms with van der Waals surface area (Å²) in [5.41, 5.74) is 5.50. The number of carboxylic acids is 1. The summed E-state index contributed by atoms with van der Waals surface area (Å²) in [6.45, 7) is -0.00111. The lowest BCUT2D eigenvalue weighted by Crippen LogP contribution is -2.36. The van der Waals surface area contributed by atoms with E-state index in [1.165, 1.54) is 13.2 Å². The molecule has 0 saturated carbocycles. The highest BCUT2D eigenvalue weighted by Crippen LogP contribution is 2.31. The Balaban J connectivity index is 3.13. The molecular weight excluding hydrogens is 384 g/mol. The monoisotopic (exact) mass is 394 g/mol. The first kappa shape index (κ1) is 16.1. The van der Waals surface area contributed by atoms with Crippen LogP contribution in [0.25, 0.3) is 0 Å². The number of nitrogens with one attached hydrogen (secondary N) is 1. The van der Waals surface area contributed by atoms with Crippen molar-refractivity contribution in [2.75, 3.05) is 19.0 Å². The molecule has 104 valence electrons. The van der Waals surface area contributed by atoms with Crippen molar-refractivity contribution in [2.24, 2.45) is 5.73 Å². The van der Waals surface area contributed by atoms with E-state index in [-0.39, 0.29) is 17.8 Å². The van der Waals surface area contributed by atoms with Crippen LogP contribution in [0.2, 0.25) is 0 Å². The zero-order valence-electron chi connectivity index (χ0n) is 9.94. The molecule has 0 saturated heterocycles. The lowest BCUT2D eigenvalue weighted by molar-refractivity contribution is -0.125. The number of halogens is 2. The molecule has 1 atom stereocenters. The number of nitrogens with two attached hydrogens (primary N) is 1. The summed E-state index contributed by atoms with van der Waals surface area (Å²) in [5.74, 6) is -1.66. The number of hydrogen-bond acceptors (Lipinski definition) is 4. The largest absolute Gasteiger partial charge is 0.478 e. The lowest BCUT2D eigenvalue weighted by atomic mass is 10.1. The summed E-state index contributed by atoms with van der Waals surface area (Å²) >= 11 is 6.39. The number of methoxy groups -OCH3 is 1. The molecular formula is C11H12Br2N2O4. The second-order valence-electron chi connectivity index (χ2n) is 3.56. The maximum Gasteiger partial charge on any atom is 0.337 e. The van der Waals surface area contributed by atoms with Crippen molar-refractivity contribution in [3.63, 3.8) is 0 Å². The van der Waals surface area contributed by atoms with Crippen molar-refractivity contribution < 1.29 is 19.4 Å². The summed E-state index contributed by atoms with van der Waals surface area (Å²) in [7, 11) is 1.35. The molecule has 8 heteroatoms. The standard InChI is InChI=1S/C11H12Br2N2O4/c1-19-8(4-14)10(16)15-9-6(11(17)18)2-5(12)3-7(9)13/h2-3,8H,4,14H2,1H3,(H,15,16)(H,17,18). The number of carboxylic acid groups (broad SMARTS) is 1. The highest BCUT2D eigenvalue weighted by molar-refractivity contribution is 9.11. The number of aromatic carboxylic acids is 1. The molecule has 1 rings (SSSR count). The molecule has 0 fully saturated rings. The average molecular weight is 396 g/mol. The van der Waals surface area contributed by atoms with E-state index < -0.39 is 18.0 Å². The van der Waals surface area contributed by atoms with Gasteiger partial charge < -0.3 is 20.9 Å². The van der Waals surface area contributed by atoms with Gasteiger partial charge in [0.15, 0.2) is 0 Å². The molecule has 1 aromatic rings. The Bertz CT molecular complexity index is 504. The maximum atomic E-state index is 11.8. The Morgan fingerprint density at radius 3 is 2.58 bits per heavy atom. The third-order valence-electron chi connectivity index (χ3n) is 2.32. The van der Waals surface area contributed by atoms with Crippen molar-refractivity contribution in [1.82, 2.24) is 0 Å². The average Bonchev–Trinajstić information content (AvgIpc) is 2.33. The van der Waals surface area contributed by atoms with E-state index in [1.54, 1.807) is 6.07 Å². The summed E-state index contributed by atoms with van der Waals surface area (Å²) in [4.78, 5) is 23.0. The van der Waals surface area contributed by atoms with Gasteiger partial charge in [-0.1, -0.05) is 15.9 Å². The molecule has 4 N–H and O–H groups in total. The van der Waals surface area contributed by atoms with Gasteiger partial charge in [0.25, 0.3) is 5.91 Å². The van der Waals surface area contributed by atoms with Gasteiger partial charge in [-0.25, -0.2) is 4.79 Å². The Morgan fingerprint density at radius 1 is 1.47 bits per heavy atom. The van der Waals surface area contributed by atoms with Gasteiger partial charge in [0, 0.05) is 22.6 Å². The van der Waals surface area contributed by atoms with E-state index >= 15 is 0 Å². The van der Waals surface area contributed by atoms with E-state index in [0.717, 1.165) is 0 Å². The number of benzene rings is 1. The number of carbonyl (C=O) groups excluding carboxylic acids is 1. The van der Waals surface area contributed by atoms with Crippen LogP contribution in [0, 0.1) is 0 Å². The fourth-order valence-electron chi connectivity index (χ4n) is 1.38. The summed E-state index contributed by atoms with van der Waals surface area (Å²) < 4.78 is 5.91. The van der Waals surface area contributed by atoms with Gasteiger partial charge in [0.2, 0.25) is 0 Å². The fraction of sp³-hybridized carbons (Fsp3) is 0.273. The number of amides is 1. The first-order valence-electron chi connectivity index (χ1n) is 5.16. The van der Waals surface area contributed by atoms with Crippen LogP contribution in [-0.2, 0) is 9.53 Å². The molecule has 1 unspecified atom stereocenters. The van der Waals surface area contributed by atoms with Crippen LogP contribution in [0.5, 0.6) is 0 Å². The normalized spacial score (nSPS) is 12.0. The number of hydrogen-bond donors (Lipinski definition) is 3. The topological polar surface area (TPSA) is 102 Å². The first-order chi connectivity index (χ1) is 8.90. The predicted molar refractivity (Wildman–Crippen MR) is 77.3 cm³/mol. The van der Waals surface area contributed by atoms with Crippen molar-refractivity contribution in [3.8, 4) is 0 Å². The number of carbonyl (C=O) groups is 2. The van der Waals surface area contributed by atoms with Gasteiger partial charge >= 0.3 is 5.97 Å². The summed E-state index contributed by atoms with van der Waals surface area (Å²) in [6.07, 6.45) is -0.836. The minimum Gasteiger partial charge on any atom is -0.478 e. The predicted octanol–water partition coefficient (Wildman–Crippen LogP) is 1.82. The Kier molecular flexibility index (Phi) is 5.92. The SMILES string of the molecule is COC(CN)C(=O)Nc1c(Br)cc(Br)cc1C(=O)O. The van der Waals surface area contributed by atoms with E-state index in [0.29, 0.717) is 8.95 Å². The molecule has 0 spiro atoms. The zero-order chi connectivity index (χ0) is 14.6. The van der Waals surface area contributed by atoms with Crippen LogP contribution >= 0.6 is 31.9 Å². The maximum absolute atomic E-state index is 11.8. The fourth-order valence-corrected chi connectivity index (χ4v) is 2.71. The van der Waals surface area contributed by atoms with Crippen LogP contribution in [0.15, 0.2) is 21.1 Å². The second-order valence-corrected chi connectivity index (χ2v) is 5.33. The van der Waals surface area contributed by atoms with Crippen LogP contribution in [0.3, 0.4) is 0 Å². The smallest absolute Gasteiger partial charge is 0.337 e. The molecule has 0 radical (unpaired) electrons. The highest BCUT2D eigenvalue weighted by Gasteiger charge is 2.21. The number of rotatable bonds is 5. The van der Waals surface area contributed by atoms with E-state index in [4.69, 9.17) is 15.6 Å². The number of ether oxygens (including phenoxy) is 1. The van der Waals surface area contributed by atoms with Gasteiger partial charge in [-0.3, -0.25) is 4.79 Å². The first-order valence-corrected chi connectivity index (χ1v) is 6.75. The molecule has 6 nitrogen and oxygen atoms in total. The molecule has 0 bridgehead atoms. The van der Waals surface area contributed by atoms with Crippen molar-refractivity contribution in [1.29, 1.82) is 0 Å². The minimum atomic E-state index is -1.15. The Labute approximate surface area is 126 Å². The summed E-state index contributed by atoms with van der Waals surface area (Å²) in [6, 6.07) is 3.03. The highest BCUT2D eigenvalue weighted by atomic mass is 79.9. The Morgan fingerprint density at radius 2 is 2.11 bits per heavy atom. The minimum absolute atomic E-state index is 0.00111. The van der Waals surface area contributed by atoms with E-state index in [9.17, 15) is 9.59 Å². The van der Waals surface area contributed by atoms with Crippen LogP contribution in [-0.4, -0.2) is 36.7 Å². The molecule has 0 aliphatic carbocycles. The summed E-state index contributed by atoms with van der Waals surface area (Å²) in [5, 5.41) is 11.6. The van der Waals surface area contributed by atoms with Crippen LogP contribution in [0.1, 0.15) is 10.4 Å². The van der Waals surface area contributed by atoms with Crippen molar-refractivity contribution in [2.45, 2.75) is 6.10 Å². The van der Waals surface area contributed by atoms with E-state index in [1.807, 2.05) is 0 Å². The molecule has 0 aromatic heterocycles. The molecule has 19 heavy (non-hydrogen) atoms. The third-order valence-corrected chi connectivity index (χ3v) is 3.41. The van der Waals surface area contributed by atoms with Crippen molar-refractivity contribution >= 4 is 49.4 Å². The van der Waals surface area contributed by atoms with Gasteiger partial charge in [0.1, 0.15) is 6.10 Å². The zero-order valence-corrected chi connectivity index (χ0v) is 13.1. The molecule has 0 aliphatic heterocycles. The lowest BCUT2D eigenvalue weighted by Gasteiger charge is -2.16. The number of anilines is 1. The van der Waals surface area contributed by atoms with E-state index in [2.05, 4.69) is 37.2 Å². The second kappa shape index (κ2) is 6.99. The van der Waals surface area contributed by atoms with Crippen LogP contribution < -0.4 is 11.1 Å².